The van der Waals surface area contributed by atoms with E-state index < -0.39 is 9.84 Å². The predicted molar refractivity (Wildman–Crippen MR) is 84.0 cm³/mol. The molecule has 0 spiro atoms. The Balaban J connectivity index is 3.68. The lowest BCUT2D eigenvalue weighted by atomic mass is 10.1. The highest BCUT2D eigenvalue weighted by molar-refractivity contribution is 7.91. The Hall–Kier alpha value is -0.820. The van der Waals surface area contributed by atoms with Crippen molar-refractivity contribution in [3.05, 3.63) is 0 Å². The summed E-state index contributed by atoms with van der Waals surface area (Å²) in [5.41, 5.74) is 0. The zero-order valence-electron chi connectivity index (χ0n) is 13.1. The van der Waals surface area contributed by atoms with Gasteiger partial charge in [0.1, 0.15) is 0 Å². The number of hydrogen-bond acceptors (Lipinski definition) is 4. The molecule has 0 heterocycles. The van der Waals surface area contributed by atoms with Crippen LogP contribution >= 0.6 is 0 Å². The molecular formula is C13H29N3O3S. The smallest absolute Gasteiger partial charge is 0.191 e. The monoisotopic (exact) mass is 307 g/mol. The fraction of sp³-hybridized carbons (Fsp3) is 0.923. The maximum Gasteiger partial charge on any atom is 0.191 e. The maximum atomic E-state index is 11.3. The lowest BCUT2D eigenvalue weighted by Crippen LogP contribution is -2.41. The van der Waals surface area contributed by atoms with Crippen LogP contribution in [0.15, 0.2) is 4.99 Å². The van der Waals surface area contributed by atoms with Crippen molar-refractivity contribution in [1.29, 1.82) is 0 Å². The minimum absolute atomic E-state index is 0.120. The molecule has 20 heavy (non-hydrogen) atoms. The van der Waals surface area contributed by atoms with Gasteiger partial charge >= 0.3 is 0 Å². The topological polar surface area (TPSA) is 79.8 Å². The van der Waals surface area contributed by atoms with Gasteiger partial charge in [0, 0.05) is 32.5 Å². The molecule has 0 aromatic carbocycles. The Morgan fingerprint density at radius 1 is 1.20 bits per heavy atom. The number of sulfone groups is 1. The standard InChI is InChI=1S/C13H29N3O3S/c1-5-20(17,18)11-8-16-13(14-4)15-7-10-19-9-6-12(2)3/h12H,5-11H2,1-4H3,(H2,14,15,16). The van der Waals surface area contributed by atoms with Crippen molar-refractivity contribution in [2.24, 2.45) is 10.9 Å². The quantitative estimate of drug-likeness (QED) is 0.352. The lowest BCUT2D eigenvalue weighted by molar-refractivity contribution is 0.128. The molecule has 0 aliphatic rings. The fourth-order valence-corrected chi connectivity index (χ4v) is 2.05. The lowest BCUT2D eigenvalue weighted by Gasteiger charge is -2.12. The van der Waals surface area contributed by atoms with Crippen LogP contribution in [0.4, 0.5) is 0 Å². The van der Waals surface area contributed by atoms with Gasteiger partial charge in [-0.05, 0) is 12.3 Å². The van der Waals surface area contributed by atoms with Crippen LogP contribution in [0, 0.1) is 5.92 Å². The molecule has 120 valence electrons. The molecular weight excluding hydrogens is 278 g/mol. The van der Waals surface area contributed by atoms with Gasteiger partial charge in [0.05, 0.1) is 12.4 Å². The third kappa shape index (κ3) is 11.0. The van der Waals surface area contributed by atoms with Crippen LogP contribution in [0.2, 0.25) is 0 Å². The molecule has 0 amide bonds. The Morgan fingerprint density at radius 2 is 1.85 bits per heavy atom. The van der Waals surface area contributed by atoms with E-state index in [1.165, 1.54) is 0 Å². The molecule has 0 aromatic heterocycles. The van der Waals surface area contributed by atoms with Gasteiger partial charge in [-0.15, -0.1) is 0 Å². The first-order valence-electron chi connectivity index (χ1n) is 7.14. The second kappa shape index (κ2) is 10.9. The van der Waals surface area contributed by atoms with Crippen molar-refractivity contribution >= 4 is 15.8 Å². The zero-order valence-corrected chi connectivity index (χ0v) is 13.9. The Kier molecular flexibility index (Phi) is 10.5. The summed E-state index contributed by atoms with van der Waals surface area (Å²) in [6, 6.07) is 0. The Bertz CT molecular complexity index is 367. The van der Waals surface area contributed by atoms with Gasteiger partial charge in [0.2, 0.25) is 0 Å². The molecule has 7 heteroatoms. The zero-order chi connectivity index (χ0) is 15.4. The van der Waals surface area contributed by atoms with Crippen molar-refractivity contribution in [2.45, 2.75) is 27.2 Å². The number of rotatable bonds is 10. The normalized spacial score (nSPS) is 12.8. The number of aliphatic imine (C=N–C) groups is 1. The molecule has 0 rings (SSSR count). The summed E-state index contributed by atoms with van der Waals surface area (Å²) in [7, 11) is -1.28. The summed E-state index contributed by atoms with van der Waals surface area (Å²) in [4.78, 5) is 4.02. The van der Waals surface area contributed by atoms with E-state index in [1.807, 2.05) is 0 Å². The van der Waals surface area contributed by atoms with Crippen molar-refractivity contribution < 1.29 is 13.2 Å². The molecule has 0 bridgehead atoms. The van der Waals surface area contributed by atoms with Crippen molar-refractivity contribution in [2.75, 3.05) is 44.9 Å². The number of nitrogens with one attached hydrogen (secondary N) is 2. The van der Waals surface area contributed by atoms with Crippen LogP contribution in [0.25, 0.3) is 0 Å². The van der Waals surface area contributed by atoms with E-state index >= 15 is 0 Å². The van der Waals surface area contributed by atoms with Crippen LogP contribution in [0.5, 0.6) is 0 Å². The molecule has 6 nitrogen and oxygen atoms in total. The summed E-state index contributed by atoms with van der Waals surface area (Å²) < 4.78 is 28.1. The fourth-order valence-electron chi connectivity index (χ4n) is 1.35. The van der Waals surface area contributed by atoms with E-state index in [0.29, 0.717) is 31.6 Å². The van der Waals surface area contributed by atoms with E-state index in [1.54, 1.807) is 14.0 Å². The number of nitrogens with zero attached hydrogens (tertiary/aromatic N) is 1. The third-order valence-corrected chi connectivity index (χ3v) is 4.45. The van der Waals surface area contributed by atoms with Gasteiger partial charge < -0.3 is 15.4 Å². The number of guanidine groups is 1. The maximum absolute atomic E-state index is 11.3. The average Bonchev–Trinajstić information content (AvgIpc) is 2.40. The Labute approximate surface area is 123 Å². The molecule has 0 saturated carbocycles. The highest BCUT2D eigenvalue weighted by Crippen LogP contribution is 1.98. The van der Waals surface area contributed by atoms with Gasteiger partial charge in [-0.3, -0.25) is 4.99 Å². The molecule has 0 saturated heterocycles. The first-order valence-corrected chi connectivity index (χ1v) is 8.96. The highest BCUT2D eigenvalue weighted by atomic mass is 32.2. The van der Waals surface area contributed by atoms with Gasteiger partial charge in [-0.2, -0.15) is 0 Å². The summed E-state index contributed by atoms with van der Waals surface area (Å²) in [5, 5.41) is 6.05. The molecule has 0 fully saturated rings. The van der Waals surface area contributed by atoms with Gasteiger partial charge in [0.25, 0.3) is 0 Å². The predicted octanol–water partition coefficient (Wildman–Crippen LogP) is 0.649. The van der Waals surface area contributed by atoms with E-state index in [9.17, 15) is 8.42 Å². The second-order valence-corrected chi connectivity index (χ2v) is 7.43. The minimum atomic E-state index is -2.93. The van der Waals surface area contributed by atoms with Crippen molar-refractivity contribution in [3.8, 4) is 0 Å². The first kappa shape index (κ1) is 19.2. The van der Waals surface area contributed by atoms with Crippen molar-refractivity contribution in [3.63, 3.8) is 0 Å². The highest BCUT2D eigenvalue weighted by Gasteiger charge is 2.07. The summed E-state index contributed by atoms with van der Waals surface area (Å²) >= 11 is 0. The number of hydrogen-bond donors (Lipinski definition) is 2. The second-order valence-electron chi connectivity index (χ2n) is 4.96. The molecule has 2 N–H and O–H groups in total. The summed E-state index contributed by atoms with van der Waals surface area (Å²) in [6.07, 6.45) is 1.06. The van der Waals surface area contributed by atoms with Crippen LogP contribution in [-0.2, 0) is 14.6 Å². The molecule has 0 aliphatic carbocycles. The van der Waals surface area contributed by atoms with E-state index in [4.69, 9.17) is 4.74 Å². The van der Waals surface area contributed by atoms with Gasteiger partial charge in [-0.25, -0.2) is 8.42 Å². The largest absolute Gasteiger partial charge is 0.380 e. The van der Waals surface area contributed by atoms with Crippen LogP contribution in [0.1, 0.15) is 27.2 Å². The van der Waals surface area contributed by atoms with Crippen LogP contribution in [0.3, 0.4) is 0 Å². The van der Waals surface area contributed by atoms with E-state index in [-0.39, 0.29) is 11.5 Å². The molecule has 0 radical (unpaired) electrons. The third-order valence-electron chi connectivity index (χ3n) is 2.75. The Morgan fingerprint density at radius 3 is 2.40 bits per heavy atom. The number of ether oxygens (including phenoxy) is 1. The van der Waals surface area contributed by atoms with Crippen LogP contribution < -0.4 is 10.6 Å². The van der Waals surface area contributed by atoms with Gasteiger partial charge in [0.15, 0.2) is 15.8 Å². The molecule has 0 unspecified atom stereocenters. The van der Waals surface area contributed by atoms with Gasteiger partial charge in [-0.1, -0.05) is 20.8 Å². The first-order chi connectivity index (χ1) is 9.41. The van der Waals surface area contributed by atoms with Crippen LogP contribution in [-0.4, -0.2) is 59.2 Å². The average molecular weight is 307 g/mol. The minimum Gasteiger partial charge on any atom is -0.380 e. The SMILES string of the molecule is CCS(=O)(=O)CCNC(=NC)NCCOCCC(C)C. The summed E-state index contributed by atoms with van der Waals surface area (Å²) in [6.45, 7) is 8.37. The summed E-state index contributed by atoms with van der Waals surface area (Å²) in [5.74, 6) is 1.54. The van der Waals surface area contributed by atoms with E-state index in [2.05, 4.69) is 29.5 Å². The molecule has 0 atom stereocenters. The molecule has 0 aliphatic heterocycles. The van der Waals surface area contributed by atoms with E-state index in [0.717, 1.165) is 13.0 Å². The van der Waals surface area contributed by atoms with Crippen molar-refractivity contribution in [1.82, 2.24) is 10.6 Å². The molecule has 0 aromatic rings.